The number of furan rings is 1. The van der Waals surface area contributed by atoms with Crippen molar-refractivity contribution in [3.05, 3.63) is 24.2 Å². The van der Waals surface area contributed by atoms with Crippen molar-refractivity contribution in [3.63, 3.8) is 0 Å². The molecular weight excluding hydrogens is 214 g/mol. The van der Waals surface area contributed by atoms with Gasteiger partial charge in [-0.2, -0.15) is 0 Å². The molecule has 1 aliphatic rings. The Morgan fingerprint density at radius 3 is 2.81 bits per heavy atom. The van der Waals surface area contributed by atoms with Crippen molar-refractivity contribution in [3.8, 4) is 0 Å². The number of aliphatic carboxylic acids is 1. The van der Waals surface area contributed by atoms with E-state index >= 15 is 0 Å². The molecule has 0 unspecified atom stereocenters. The fourth-order valence-electron chi connectivity index (χ4n) is 1.81. The lowest BCUT2D eigenvalue weighted by molar-refractivity contribution is -0.141. The largest absolute Gasteiger partial charge is 0.480 e. The summed E-state index contributed by atoms with van der Waals surface area (Å²) in [6.45, 7) is 0.0243. The predicted molar refractivity (Wildman–Crippen MR) is 51.8 cm³/mol. The van der Waals surface area contributed by atoms with Gasteiger partial charge in [0.05, 0.1) is 12.4 Å². The number of β-amino-alcohol motifs (C(OH)–C–C–N with tert-alkyl or cyclic N) is 1. The maximum absolute atomic E-state index is 11.8. The summed E-state index contributed by atoms with van der Waals surface area (Å²) >= 11 is 0. The van der Waals surface area contributed by atoms with Crippen LogP contribution in [-0.2, 0) is 4.79 Å². The summed E-state index contributed by atoms with van der Waals surface area (Å²) in [5.41, 5.74) is 0. The Balaban J connectivity index is 2.20. The van der Waals surface area contributed by atoms with Crippen LogP contribution >= 0.6 is 0 Å². The summed E-state index contributed by atoms with van der Waals surface area (Å²) in [6.07, 6.45) is 0.608. The Morgan fingerprint density at radius 2 is 2.25 bits per heavy atom. The van der Waals surface area contributed by atoms with Crippen molar-refractivity contribution in [2.24, 2.45) is 0 Å². The van der Waals surface area contributed by atoms with Gasteiger partial charge in [0.1, 0.15) is 6.04 Å². The maximum Gasteiger partial charge on any atom is 0.326 e. The zero-order valence-electron chi connectivity index (χ0n) is 8.37. The van der Waals surface area contributed by atoms with E-state index in [1.807, 2.05) is 0 Å². The van der Waals surface area contributed by atoms with E-state index < -0.39 is 24.0 Å². The van der Waals surface area contributed by atoms with Gasteiger partial charge < -0.3 is 19.5 Å². The Kier molecular flexibility index (Phi) is 2.66. The molecule has 1 saturated heterocycles. The second-order valence-corrected chi connectivity index (χ2v) is 3.68. The number of carboxylic acid groups (broad SMARTS) is 1. The summed E-state index contributed by atoms with van der Waals surface area (Å²) in [4.78, 5) is 23.8. The highest BCUT2D eigenvalue weighted by Gasteiger charge is 2.39. The monoisotopic (exact) mass is 225 g/mol. The molecule has 0 saturated carbocycles. The molecule has 2 N–H and O–H groups in total. The van der Waals surface area contributed by atoms with Crippen molar-refractivity contribution in [2.75, 3.05) is 6.54 Å². The number of nitrogens with zero attached hydrogens (tertiary/aromatic N) is 1. The molecule has 0 aliphatic carbocycles. The zero-order valence-corrected chi connectivity index (χ0v) is 8.37. The van der Waals surface area contributed by atoms with Crippen LogP contribution in [0.1, 0.15) is 17.0 Å². The van der Waals surface area contributed by atoms with Gasteiger partial charge in [0.15, 0.2) is 5.76 Å². The first-order chi connectivity index (χ1) is 7.59. The molecule has 0 aromatic carbocycles. The van der Waals surface area contributed by atoms with Gasteiger partial charge >= 0.3 is 5.97 Å². The van der Waals surface area contributed by atoms with E-state index in [2.05, 4.69) is 0 Å². The van der Waals surface area contributed by atoms with Gasteiger partial charge in [-0.3, -0.25) is 4.79 Å². The van der Waals surface area contributed by atoms with E-state index in [0.29, 0.717) is 0 Å². The number of rotatable bonds is 2. The summed E-state index contributed by atoms with van der Waals surface area (Å²) in [5, 5.41) is 18.3. The number of aliphatic hydroxyl groups excluding tert-OH is 1. The predicted octanol–water partition coefficient (Wildman–Crippen LogP) is -0.0604. The second-order valence-electron chi connectivity index (χ2n) is 3.68. The molecule has 2 atom stereocenters. The molecular formula is C10H11NO5. The Morgan fingerprint density at radius 1 is 1.50 bits per heavy atom. The third kappa shape index (κ3) is 1.79. The number of carbonyl (C=O) groups excluding carboxylic acids is 1. The standard InChI is InChI=1S/C10H11NO5/c12-6-4-7(10(14)15)11(5-6)9(13)8-2-1-3-16-8/h1-3,6-7,12H,4-5H2,(H,14,15)/t6-,7-/m1/s1. The molecule has 16 heavy (non-hydrogen) atoms. The number of carbonyl (C=O) groups is 2. The first kappa shape index (κ1) is 10.7. The van der Waals surface area contributed by atoms with Gasteiger partial charge in [0.25, 0.3) is 5.91 Å². The molecule has 1 aliphatic heterocycles. The van der Waals surface area contributed by atoms with Crippen LogP contribution in [-0.4, -0.2) is 45.7 Å². The number of amides is 1. The number of likely N-dealkylation sites (tertiary alicyclic amines) is 1. The molecule has 6 heteroatoms. The Hall–Kier alpha value is -1.82. The molecule has 1 aromatic rings. The SMILES string of the molecule is O=C(O)[C@H]1C[C@@H](O)CN1C(=O)c1ccco1. The molecule has 86 valence electrons. The van der Waals surface area contributed by atoms with Gasteiger partial charge in [0.2, 0.25) is 0 Å². The highest BCUT2D eigenvalue weighted by atomic mass is 16.4. The number of hydrogen-bond donors (Lipinski definition) is 2. The third-order valence-corrected chi connectivity index (χ3v) is 2.56. The summed E-state index contributed by atoms with van der Waals surface area (Å²) in [7, 11) is 0. The Bertz CT molecular complexity index is 399. The average molecular weight is 225 g/mol. The minimum absolute atomic E-state index is 0.0243. The van der Waals surface area contributed by atoms with E-state index in [-0.39, 0.29) is 18.7 Å². The molecule has 6 nitrogen and oxygen atoms in total. The molecule has 0 radical (unpaired) electrons. The van der Waals surface area contributed by atoms with Crippen LogP contribution in [0.3, 0.4) is 0 Å². The first-order valence-corrected chi connectivity index (χ1v) is 4.85. The lowest BCUT2D eigenvalue weighted by atomic mass is 10.2. The third-order valence-electron chi connectivity index (χ3n) is 2.56. The van der Waals surface area contributed by atoms with Crippen LogP contribution in [0, 0.1) is 0 Å². The smallest absolute Gasteiger partial charge is 0.326 e. The van der Waals surface area contributed by atoms with Crippen molar-refractivity contribution < 1.29 is 24.2 Å². The second kappa shape index (κ2) is 3.97. The molecule has 0 spiro atoms. The van der Waals surface area contributed by atoms with Crippen molar-refractivity contribution in [2.45, 2.75) is 18.6 Å². The van der Waals surface area contributed by atoms with Crippen LogP contribution in [0.25, 0.3) is 0 Å². The van der Waals surface area contributed by atoms with Gasteiger partial charge in [-0.15, -0.1) is 0 Å². The summed E-state index contributed by atoms with van der Waals surface area (Å²) in [5.74, 6) is -1.54. The van der Waals surface area contributed by atoms with E-state index in [4.69, 9.17) is 9.52 Å². The first-order valence-electron chi connectivity index (χ1n) is 4.85. The minimum Gasteiger partial charge on any atom is -0.480 e. The molecule has 2 rings (SSSR count). The van der Waals surface area contributed by atoms with Crippen LogP contribution in [0.15, 0.2) is 22.8 Å². The zero-order chi connectivity index (χ0) is 11.7. The molecule has 1 aromatic heterocycles. The van der Waals surface area contributed by atoms with E-state index in [9.17, 15) is 14.7 Å². The molecule has 0 bridgehead atoms. The normalized spacial score (nSPS) is 24.7. The fraction of sp³-hybridized carbons (Fsp3) is 0.400. The van der Waals surface area contributed by atoms with Crippen molar-refractivity contribution in [1.82, 2.24) is 4.90 Å². The van der Waals surface area contributed by atoms with Gasteiger partial charge in [-0.25, -0.2) is 4.79 Å². The van der Waals surface area contributed by atoms with Gasteiger partial charge in [-0.05, 0) is 12.1 Å². The van der Waals surface area contributed by atoms with Crippen LogP contribution in [0.2, 0.25) is 0 Å². The van der Waals surface area contributed by atoms with Crippen LogP contribution < -0.4 is 0 Å². The van der Waals surface area contributed by atoms with Crippen LogP contribution in [0.4, 0.5) is 0 Å². The van der Waals surface area contributed by atoms with E-state index in [1.165, 1.54) is 12.3 Å². The summed E-state index contributed by atoms with van der Waals surface area (Å²) < 4.78 is 4.91. The number of carboxylic acids is 1. The van der Waals surface area contributed by atoms with Gasteiger partial charge in [0, 0.05) is 13.0 Å². The van der Waals surface area contributed by atoms with Crippen molar-refractivity contribution >= 4 is 11.9 Å². The highest BCUT2D eigenvalue weighted by molar-refractivity contribution is 5.94. The van der Waals surface area contributed by atoms with Crippen LogP contribution in [0.5, 0.6) is 0 Å². The van der Waals surface area contributed by atoms with E-state index in [0.717, 1.165) is 4.90 Å². The fourth-order valence-corrected chi connectivity index (χ4v) is 1.81. The van der Waals surface area contributed by atoms with E-state index in [1.54, 1.807) is 6.07 Å². The summed E-state index contributed by atoms with van der Waals surface area (Å²) in [6, 6.07) is 2.04. The average Bonchev–Trinajstić information content (AvgIpc) is 2.84. The lowest BCUT2D eigenvalue weighted by Crippen LogP contribution is -2.40. The minimum atomic E-state index is -1.11. The molecule has 1 fully saturated rings. The van der Waals surface area contributed by atoms with Gasteiger partial charge in [-0.1, -0.05) is 0 Å². The quantitative estimate of drug-likeness (QED) is 0.735. The number of aliphatic hydroxyl groups is 1. The maximum atomic E-state index is 11.8. The molecule has 2 heterocycles. The Labute approximate surface area is 91.1 Å². The highest BCUT2D eigenvalue weighted by Crippen LogP contribution is 2.20. The number of hydrogen-bond acceptors (Lipinski definition) is 4. The van der Waals surface area contributed by atoms with Crippen molar-refractivity contribution in [1.29, 1.82) is 0 Å². The lowest BCUT2D eigenvalue weighted by Gasteiger charge is -2.19. The topological polar surface area (TPSA) is 91.0 Å². The molecule has 1 amide bonds.